The van der Waals surface area contributed by atoms with Crippen molar-refractivity contribution in [2.75, 3.05) is 11.9 Å². The number of hydrogen-bond acceptors (Lipinski definition) is 4. The Labute approximate surface area is 203 Å². The second kappa shape index (κ2) is 11.5. The number of nitriles is 1. The van der Waals surface area contributed by atoms with Gasteiger partial charge in [0.25, 0.3) is 5.91 Å². The molecule has 0 fully saturated rings. The summed E-state index contributed by atoms with van der Waals surface area (Å²) in [6, 6.07) is 22.3. The van der Waals surface area contributed by atoms with Crippen molar-refractivity contribution in [3.63, 3.8) is 0 Å². The van der Waals surface area contributed by atoms with Crippen LogP contribution >= 0.6 is 31.9 Å². The summed E-state index contributed by atoms with van der Waals surface area (Å²) in [5.41, 5.74) is 2.28. The van der Waals surface area contributed by atoms with Crippen LogP contribution in [-0.4, -0.2) is 12.5 Å². The monoisotopic (exact) mass is 554 g/mol. The lowest BCUT2D eigenvalue weighted by Crippen LogP contribution is -2.13. The van der Waals surface area contributed by atoms with Gasteiger partial charge in [0.05, 0.1) is 11.1 Å². The molecular formula is C25H20Br2N2O3. The summed E-state index contributed by atoms with van der Waals surface area (Å²) < 4.78 is 13.0. The van der Waals surface area contributed by atoms with Crippen molar-refractivity contribution in [2.45, 2.75) is 13.5 Å². The number of amides is 1. The Kier molecular flexibility index (Phi) is 8.48. The second-order valence-electron chi connectivity index (χ2n) is 6.69. The topological polar surface area (TPSA) is 71.3 Å². The Morgan fingerprint density at radius 2 is 1.84 bits per heavy atom. The van der Waals surface area contributed by atoms with Crippen molar-refractivity contribution in [3.05, 3.63) is 92.4 Å². The molecular weight excluding hydrogens is 536 g/mol. The summed E-state index contributed by atoms with van der Waals surface area (Å²) in [7, 11) is 0. The Morgan fingerprint density at radius 3 is 2.53 bits per heavy atom. The minimum atomic E-state index is -0.493. The number of nitrogens with one attached hydrogen (secondary N) is 1. The van der Waals surface area contributed by atoms with Crippen molar-refractivity contribution in [3.8, 4) is 17.6 Å². The number of carbonyl (C=O) groups is 1. The van der Waals surface area contributed by atoms with E-state index in [9.17, 15) is 10.1 Å². The molecule has 0 aromatic heterocycles. The van der Waals surface area contributed by atoms with Gasteiger partial charge in [0.1, 0.15) is 29.7 Å². The van der Waals surface area contributed by atoms with Crippen molar-refractivity contribution in [1.82, 2.24) is 0 Å². The predicted octanol–water partition coefficient (Wildman–Crippen LogP) is 6.73. The Morgan fingerprint density at radius 1 is 1.06 bits per heavy atom. The third kappa shape index (κ3) is 6.71. The molecule has 0 spiro atoms. The molecule has 0 saturated carbocycles. The average molecular weight is 556 g/mol. The molecule has 5 nitrogen and oxygen atoms in total. The van der Waals surface area contributed by atoms with Crippen LogP contribution in [0.5, 0.6) is 11.5 Å². The molecule has 0 aliphatic carbocycles. The fourth-order valence-electron chi connectivity index (χ4n) is 2.81. The molecule has 1 N–H and O–H groups in total. The lowest BCUT2D eigenvalue weighted by atomic mass is 10.1. The van der Waals surface area contributed by atoms with Gasteiger partial charge >= 0.3 is 0 Å². The summed E-state index contributed by atoms with van der Waals surface area (Å²) in [4.78, 5) is 12.6. The van der Waals surface area contributed by atoms with Crippen LogP contribution in [0, 0.1) is 11.3 Å². The first-order chi connectivity index (χ1) is 15.5. The van der Waals surface area contributed by atoms with Crippen LogP contribution < -0.4 is 14.8 Å². The molecule has 0 radical (unpaired) electrons. The van der Waals surface area contributed by atoms with E-state index in [1.807, 2.05) is 37.3 Å². The van der Waals surface area contributed by atoms with Gasteiger partial charge in [-0.3, -0.25) is 4.79 Å². The SMILES string of the molecule is CCOc1cccc(NC(=O)C(C#N)=Cc2ccc(OCc3ccc(Br)cc3)c(Br)c2)c1. The first-order valence-corrected chi connectivity index (χ1v) is 11.4. The molecule has 7 heteroatoms. The van der Waals surface area contributed by atoms with Gasteiger partial charge in [0.2, 0.25) is 0 Å². The minimum Gasteiger partial charge on any atom is -0.494 e. The molecule has 32 heavy (non-hydrogen) atoms. The zero-order valence-corrected chi connectivity index (χ0v) is 20.4. The van der Waals surface area contributed by atoms with Gasteiger partial charge < -0.3 is 14.8 Å². The maximum atomic E-state index is 12.6. The second-order valence-corrected chi connectivity index (χ2v) is 8.46. The van der Waals surface area contributed by atoms with E-state index in [4.69, 9.17) is 9.47 Å². The predicted molar refractivity (Wildman–Crippen MR) is 132 cm³/mol. The lowest BCUT2D eigenvalue weighted by molar-refractivity contribution is -0.112. The van der Waals surface area contributed by atoms with Crippen molar-refractivity contribution >= 4 is 49.5 Å². The van der Waals surface area contributed by atoms with Gasteiger partial charge in [-0.15, -0.1) is 0 Å². The minimum absolute atomic E-state index is 0.0118. The van der Waals surface area contributed by atoms with Crippen LogP contribution in [0.2, 0.25) is 0 Å². The van der Waals surface area contributed by atoms with Gasteiger partial charge in [0, 0.05) is 16.2 Å². The number of anilines is 1. The van der Waals surface area contributed by atoms with Gasteiger partial charge in [-0.05, 0) is 76.5 Å². The Balaban J connectivity index is 1.69. The van der Waals surface area contributed by atoms with Gasteiger partial charge in [-0.1, -0.05) is 40.2 Å². The fourth-order valence-corrected chi connectivity index (χ4v) is 3.58. The normalized spacial score (nSPS) is 10.9. The molecule has 1 amide bonds. The summed E-state index contributed by atoms with van der Waals surface area (Å²) >= 11 is 6.91. The molecule has 3 aromatic rings. The smallest absolute Gasteiger partial charge is 0.266 e. The molecule has 0 aliphatic rings. The van der Waals surface area contributed by atoms with Crippen LogP contribution in [0.1, 0.15) is 18.1 Å². The number of hydrogen-bond donors (Lipinski definition) is 1. The zero-order valence-electron chi connectivity index (χ0n) is 17.3. The van der Waals surface area contributed by atoms with Crippen LogP contribution in [0.15, 0.2) is 81.2 Å². The van der Waals surface area contributed by atoms with Gasteiger partial charge in [-0.25, -0.2) is 0 Å². The Hall–Kier alpha value is -3.08. The summed E-state index contributed by atoms with van der Waals surface area (Å²) in [6.07, 6.45) is 1.53. The van der Waals surface area contributed by atoms with Gasteiger partial charge in [-0.2, -0.15) is 5.26 Å². The highest BCUT2D eigenvalue weighted by Gasteiger charge is 2.11. The fraction of sp³-hybridized carbons (Fsp3) is 0.120. The molecule has 0 saturated heterocycles. The third-order valence-electron chi connectivity index (χ3n) is 4.34. The highest BCUT2D eigenvalue weighted by molar-refractivity contribution is 9.10. The molecule has 0 heterocycles. The zero-order chi connectivity index (χ0) is 22.9. The van der Waals surface area contributed by atoms with E-state index in [1.165, 1.54) is 6.08 Å². The molecule has 3 aromatic carbocycles. The van der Waals surface area contributed by atoms with Crippen molar-refractivity contribution in [2.24, 2.45) is 0 Å². The van der Waals surface area contributed by atoms with Crippen LogP contribution in [0.3, 0.4) is 0 Å². The first kappa shape index (κ1) is 23.6. The van der Waals surface area contributed by atoms with Crippen LogP contribution in [0.4, 0.5) is 5.69 Å². The maximum absolute atomic E-state index is 12.6. The molecule has 0 atom stereocenters. The highest BCUT2D eigenvalue weighted by atomic mass is 79.9. The molecule has 162 valence electrons. The highest BCUT2D eigenvalue weighted by Crippen LogP contribution is 2.28. The van der Waals surface area contributed by atoms with E-state index in [-0.39, 0.29) is 5.57 Å². The summed E-state index contributed by atoms with van der Waals surface area (Å²) in [6.45, 7) is 2.84. The van der Waals surface area contributed by atoms with E-state index in [0.29, 0.717) is 36.0 Å². The quantitative estimate of drug-likeness (QED) is 0.247. The van der Waals surface area contributed by atoms with Crippen molar-refractivity contribution < 1.29 is 14.3 Å². The Bertz CT molecular complexity index is 1170. The van der Waals surface area contributed by atoms with Crippen LogP contribution in [0.25, 0.3) is 6.08 Å². The molecule has 0 unspecified atom stereocenters. The van der Waals surface area contributed by atoms with E-state index in [2.05, 4.69) is 37.2 Å². The first-order valence-electron chi connectivity index (χ1n) is 9.81. The summed E-state index contributed by atoms with van der Waals surface area (Å²) in [5, 5.41) is 12.2. The number of nitrogens with zero attached hydrogens (tertiary/aromatic N) is 1. The third-order valence-corrected chi connectivity index (χ3v) is 5.49. The number of ether oxygens (including phenoxy) is 2. The number of rotatable bonds is 8. The lowest BCUT2D eigenvalue weighted by Gasteiger charge is -2.10. The average Bonchev–Trinajstić information content (AvgIpc) is 2.78. The standard InChI is InChI=1S/C25H20Br2N2O3/c1-2-31-22-5-3-4-21(14-22)29-25(30)19(15-28)12-18-8-11-24(23(27)13-18)32-16-17-6-9-20(26)10-7-17/h3-14H,2,16H2,1H3,(H,29,30). The van der Waals surface area contributed by atoms with Gasteiger partial charge in [0.15, 0.2) is 0 Å². The molecule has 0 aliphatic heterocycles. The van der Waals surface area contributed by atoms with E-state index in [1.54, 1.807) is 42.5 Å². The molecule has 3 rings (SSSR count). The van der Waals surface area contributed by atoms with E-state index in [0.717, 1.165) is 14.5 Å². The number of benzene rings is 3. The summed E-state index contributed by atoms with van der Waals surface area (Å²) in [5.74, 6) is 0.823. The van der Waals surface area contributed by atoms with E-state index < -0.39 is 5.91 Å². The van der Waals surface area contributed by atoms with E-state index >= 15 is 0 Å². The number of carbonyl (C=O) groups excluding carboxylic acids is 1. The molecule has 0 bridgehead atoms. The maximum Gasteiger partial charge on any atom is 0.266 e. The number of halogens is 2. The largest absolute Gasteiger partial charge is 0.494 e. The van der Waals surface area contributed by atoms with Crippen LogP contribution in [-0.2, 0) is 11.4 Å². The van der Waals surface area contributed by atoms with Crippen molar-refractivity contribution in [1.29, 1.82) is 5.26 Å².